The fourth-order valence-electron chi connectivity index (χ4n) is 2.70. The second kappa shape index (κ2) is 7.23. The van der Waals surface area contributed by atoms with Gasteiger partial charge in [0.25, 0.3) is 5.88 Å². The minimum Gasteiger partial charge on any atom is -0.472 e. The third-order valence-electron chi connectivity index (χ3n) is 3.72. The van der Waals surface area contributed by atoms with Gasteiger partial charge in [-0.25, -0.2) is 9.97 Å². The van der Waals surface area contributed by atoms with Gasteiger partial charge in [0.05, 0.1) is 6.10 Å². The fraction of sp³-hybridized carbons (Fsp3) is 0.667. The molecule has 1 aliphatic heterocycles. The lowest BCUT2D eigenvalue weighted by atomic mass is 9.97. The van der Waals surface area contributed by atoms with Gasteiger partial charge in [0, 0.05) is 31.9 Å². The monoisotopic (exact) mass is 346 g/mol. The molecule has 0 spiro atoms. The third-order valence-corrected chi connectivity index (χ3v) is 3.72. The number of carbonyl (C=O) groups is 1. The Labute approximate surface area is 138 Å². The predicted octanol–water partition coefficient (Wildman–Crippen LogP) is 2.62. The minimum absolute atomic E-state index is 0.0444. The Bertz CT molecular complexity index is 580. The maximum atomic E-state index is 13.1. The van der Waals surface area contributed by atoms with Crippen molar-refractivity contribution in [3.63, 3.8) is 0 Å². The molecule has 9 heteroatoms. The summed E-state index contributed by atoms with van der Waals surface area (Å²) in [7, 11) is 0. The highest BCUT2D eigenvalue weighted by Gasteiger charge is 2.47. The van der Waals surface area contributed by atoms with Gasteiger partial charge in [-0.2, -0.15) is 13.2 Å². The maximum absolute atomic E-state index is 13.1. The second-order valence-electron chi connectivity index (χ2n) is 6.02. The number of ether oxygens (including phenoxy) is 1. The predicted molar refractivity (Wildman–Crippen MR) is 81.7 cm³/mol. The fourth-order valence-corrected chi connectivity index (χ4v) is 2.70. The van der Waals surface area contributed by atoms with Crippen LogP contribution in [0.5, 0.6) is 5.88 Å². The van der Waals surface area contributed by atoms with Gasteiger partial charge in [-0.05, 0) is 26.7 Å². The van der Waals surface area contributed by atoms with E-state index in [9.17, 15) is 18.0 Å². The summed E-state index contributed by atoms with van der Waals surface area (Å²) in [4.78, 5) is 20.7. The van der Waals surface area contributed by atoms with Crippen LogP contribution in [0.3, 0.4) is 0 Å². The van der Waals surface area contributed by atoms with Crippen LogP contribution in [0.25, 0.3) is 0 Å². The lowest BCUT2D eigenvalue weighted by molar-refractivity contribution is -0.195. The van der Waals surface area contributed by atoms with Gasteiger partial charge in [-0.3, -0.25) is 4.79 Å². The number of amides is 1. The summed E-state index contributed by atoms with van der Waals surface area (Å²) >= 11 is 0. The number of nitrogens with zero attached hydrogens (tertiary/aromatic N) is 3. The van der Waals surface area contributed by atoms with Gasteiger partial charge in [0.1, 0.15) is 6.04 Å². The van der Waals surface area contributed by atoms with E-state index >= 15 is 0 Å². The van der Waals surface area contributed by atoms with Crippen LogP contribution >= 0.6 is 0 Å². The molecule has 1 fully saturated rings. The lowest BCUT2D eigenvalue weighted by Gasteiger charge is -2.40. The summed E-state index contributed by atoms with van der Waals surface area (Å²) in [6.07, 6.45) is -1.47. The van der Waals surface area contributed by atoms with Crippen molar-refractivity contribution >= 4 is 11.7 Å². The van der Waals surface area contributed by atoms with Crippen LogP contribution in [-0.4, -0.2) is 51.7 Å². The number of piperidine rings is 1. The van der Waals surface area contributed by atoms with E-state index < -0.39 is 18.1 Å². The van der Waals surface area contributed by atoms with Crippen LogP contribution in [0.2, 0.25) is 0 Å². The molecular weight excluding hydrogens is 325 g/mol. The summed E-state index contributed by atoms with van der Waals surface area (Å²) < 4.78 is 44.7. The number of hydrogen-bond acceptors (Lipinski definition) is 5. The van der Waals surface area contributed by atoms with Crippen molar-refractivity contribution in [1.82, 2.24) is 14.9 Å². The number of nitrogens with one attached hydrogen (secondary N) is 1. The standard InChI is InChI=1S/C15H21F3N4O2/c1-9(2)24-14-13(19-6-7-20-14)21-11-4-5-12(15(16,17)18)22(8-11)10(3)23/h6-7,9,11-12H,4-5,8H2,1-3H3,(H,19,21)/t11-,12-/m1/s1. The van der Waals surface area contributed by atoms with Gasteiger partial charge in [-0.1, -0.05) is 0 Å². The van der Waals surface area contributed by atoms with E-state index in [1.54, 1.807) is 0 Å². The van der Waals surface area contributed by atoms with Crippen molar-refractivity contribution in [3.8, 4) is 5.88 Å². The van der Waals surface area contributed by atoms with Crippen molar-refractivity contribution in [2.45, 2.75) is 58.0 Å². The van der Waals surface area contributed by atoms with Crippen LogP contribution in [0.15, 0.2) is 12.4 Å². The molecule has 2 heterocycles. The number of halogens is 3. The Kier molecular flexibility index (Phi) is 5.51. The van der Waals surface area contributed by atoms with E-state index in [-0.39, 0.29) is 31.5 Å². The average molecular weight is 346 g/mol. The smallest absolute Gasteiger partial charge is 0.408 e. The Hall–Kier alpha value is -2.06. The van der Waals surface area contributed by atoms with Crippen molar-refractivity contribution in [2.75, 3.05) is 11.9 Å². The SMILES string of the molecule is CC(=O)N1C[C@H](Nc2nccnc2OC(C)C)CC[C@@H]1C(F)(F)F. The molecule has 1 aliphatic rings. The number of hydrogen-bond donors (Lipinski definition) is 1. The number of rotatable bonds is 4. The molecule has 0 radical (unpaired) electrons. The van der Waals surface area contributed by atoms with Gasteiger partial charge >= 0.3 is 6.18 Å². The molecule has 1 aromatic rings. The largest absolute Gasteiger partial charge is 0.472 e. The van der Waals surface area contributed by atoms with Crippen LogP contribution < -0.4 is 10.1 Å². The minimum atomic E-state index is -4.42. The van der Waals surface area contributed by atoms with Gasteiger partial charge < -0.3 is 15.0 Å². The summed E-state index contributed by atoms with van der Waals surface area (Å²) in [5.41, 5.74) is 0. The van der Waals surface area contributed by atoms with Crippen LogP contribution in [0.1, 0.15) is 33.6 Å². The van der Waals surface area contributed by atoms with E-state index in [1.165, 1.54) is 12.4 Å². The first-order valence-corrected chi connectivity index (χ1v) is 7.76. The molecule has 1 saturated heterocycles. The topological polar surface area (TPSA) is 67.4 Å². The van der Waals surface area contributed by atoms with Crippen molar-refractivity contribution < 1.29 is 22.7 Å². The van der Waals surface area contributed by atoms with E-state index in [1.807, 2.05) is 13.8 Å². The molecule has 134 valence electrons. The molecular formula is C15H21F3N4O2. The first-order valence-electron chi connectivity index (χ1n) is 7.76. The van der Waals surface area contributed by atoms with Gasteiger partial charge in [0.2, 0.25) is 5.91 Å². The van der Waals surface area contributed by atoms with Gasteiger partial charge in [-0.15, -0.1) is 0 Å². The zero-order valence-electron chi connectivity index (χ0n) is 13.8. The Balaban J connectivity index is 2.11. The van der Waals surface area contributed by atoms with E-state index in [0.29, 0.717) is 11.7 Å². The molecule has 2 rings (SSSR count). The summed E-state index contributed by atoms with van der Waals surface area (Å²) in [5, 5.41) is 3.05. The molecule has 6 nitrogen and oxygen atoms in total. The summed E-state index contributed by atoms with van der Waals surface area (Å²) in [6.45, 7) is 4.78. The molecule has 0 saturated carbocycles. The molecule has 1 N–H and O–H groups in total. The zero-order chi connectivity index (χ0) is 17.9. The molecule has 0 bridgehead atoms. The molecule has 0 aliphatic carbocycles. The van der Waals surface area contributed by atoms with E-state index in [0.717, 1.165) is 11.8 Å². The first kappa shape index (κ1) is 18.3. The lowest BCUT2D eigenvalue weighted by Crippen LogP contribution is -2.55. The highest BCUT2D eigenvalue weighted by atomic mass is 19.4. The zero-order valence-corrected chi connectivity index (χ0v) is 13.8. The summed E-state index contributed by atoms with van der Waals surface area (Å²) in [6, 6.07) is -2.08. The molecule has 0 aromatic carbocycles. The van der Waals surface area contributed by atoms with Crippen molar-refractivity contribution in [3.05, 3.63) is 12.4 Å². The maximum Gasteiger partial charge on any atom is 0.408 e. The molecule has 2 atom stereocenters. The van der Waals surface area contributed by atoms with E-state index in [2.05, 4.69) is 15.3 Å². The molecule has 1 amide bonds. The van der Waals surface area contributed by atoms with E-state index in [4.69, 9.17) is 4.74 Å². The number of likely N-dealkylation sites (tertiary alicyclic amines) is 1. The number of aromatic nitrogens is 2. The second-order valence-corrected chi connectivity index (χ2v) is 6.02. The van der Waals surface area contributed by atoms with Crippen molar-refractivity contribution in [1.29, 1.82) is 0 Å². The van der Waals surface area contributed by atoms with Crippen molar-refractivity contribution in [2.24, 2.45) is 0 Å². The Morgan fingerprint density at radius 1 is 1.33 bits per heavy atom. The Morgan fingerprint density at radius 3 is 2.58 bits per heavy atom. The first-order chi connectivity index (χ1) is 11.2. The van der Waals surface area contributed by atoms with Crippen LogP contribution in [-0.2, 0) is 4.79 Å². The average Bonchev–Trinajstić information content (AvgIpc) is 2.47. The van der Waals surface area contributed by atoms with Crippen LogP contribution in [0.4, 0.5) is 19.0 Å². The molecule has 1 aromatic heterocycles. The quantitative estimate of drug-likeness (QED) is 0.908. The molecule has 24 heavy (non-hydrogen) atoms. The third kappa shape index (κ3) is 4.48. The highest BCUT2D eigenvalue weighted by Crippen LogP contribution is 2.33. The van der Waals surface area contributed by atoms with Gasteiger partial charge in [0.15, 0.2) is 5.82 Å². The normalized spacial score (nSPS) is 21.7. The highest BCUT2D eigenvalue weighted by molar-refractivity contribution is 5.74. The van der Waals surface area contributed by atoms with Crippen LogP contribution in [0, 0.1) is 0 Å². The molecule has 0 unspecified atom stereocenters. The number of carbonyl (C=O) groups excluding carboxylic acids is 1. The number of alkyl halides is 3. The Morgan fingerprint density at radius 2 is 2.00 bits per heavy atom. The summed E-state index contributed by atoms with van der Waals surface area (Å²) in [5.74, 6) is 0.0617. The number of anilines is 1.